The topological polar surface area (TPSA) is 120 Å². The first-order valence-corrected chi connectivity index (χ1v) is 9.02. The number of carbonyl (C=O) groups is 1. The molecule has 0 atom stereocenters. The number of phenolic OH excluding ortho intramolecular Hbond substituents is 2. The summed E-state index contributed by atoms with van der Waals surface area (Å²) in [4.78, 5) is 11.8. The van der Waals surface area contributed by atoms with Gasteiger partial charge in [0, 0.05) is 6.54 Å². The van der Waals surface area contributed by atoms with E-state index in [2.05, 4.69) is 16.0 Å². The lowest BCUT2D eigenvalue weighted by Gasteiger charge is -2.08. The van der Waals surface area contributed by atoms with Crippen molar-refractivity contribution in [1.82, 2.24) is 16.0 Å². The van der Waals surface area contributed by atoms with Gasteiger partial charge in [-0.25, -0.2) is 0 Å². The number of nitrogens with two attached hydrogens (primary N) is 1. The van der Waals surface area contributed by atoms with E-state index in [9.17, 15) is 15.0 Å². The minimum absolute atomic E-state index is 0.0892. The molecular formula is C18H32N4O3. The first-order chi connectivity index (χ1) is 12.1. The molecule has 0 aromatic heterocycles. The first kappa shape index (κ1) is 21.2. The third kappa shape index (κ3) is 10.6. The number of aromatic hydroxyl groups is 2. The zero-order chi connectivity index (χ0) is 18.3. The number of carbonyl (C=O) groups excluding carboxylic acids is 1. The summed E-state index contributed by atoms with van der Waals surface area (Å²) in [5, 5.41) is 28.2. The van der Waals surface area contributed by atoms with Crippen molar-refractivity contribution in [2.45, 2.75) is 32.1 Å². The molecular weight excluding hydrogens is 320 g/mol. The number of amides is 1. The summed E-state index contributed by atoms with van der Waals surface area (Å²) >= 11 is 0. The minimum Gasteiger partial charge on any atom is -0.504 e. The Labute approximate surface area is 150 Å². The summed E-state index contributed by atoms with van der Waals surface area (Å²) in [6.07, 6.45) is 4.37. The predicted molar refractivity (Wildman–Crippen MR) is 99.7 cm³/mol. The zero-order valence-electron chi connectivity index (χ0n) is 14.9. The quantitative estimate of drug-likeness (QED) is 0.214. The van der Waals surface area contributed by atoms with E-state index in [0.29, 0.717) is 12.1 Å². The van der Waals surface area contributed by atoms with Gasteiger partial charge in [-0.1, -0.05) is 6.07 Å². The Morgan fingerprint density at radius 1 is 0.880 bits per heavy atom. The van der Waals surface area contributed by atoms with Gasteiger partial charge in [0.05, 0.1) is 6.42 Å². The number of hydrogen-bond donors (Lipinski definition) is 6. The van der Waals surface area contributed by atoms with Crippen LogP contribution in [0.25, 0.3) is 0 Å². The summed E-state index contributed by atoms with van der Waals surface area (Å²) in [5.74, 6) is -0.473. The molecule has 0 saturated carbocycles. The fraction of sp³-hybridized carbons (Fsp3) is 0.611. The average molecular weight is 352 g/mol. The molecule has 0 aliphatic heterocycles. The molecule has 142 valence electrons. The largest absolute Gasteiger partial charge is 0.504 e. The van der Waals surface area contributed by atoms with Crippen LogP contribution in [-0.4, -0.2) is 55.4 Å². The van der Waals surface area contributed by atoms with Gasteiger partial charge in [-0.2, -0.15) is 0 Å². The maximum absolute atomic E-state index is 11.8. The van der Waals surface area contributed by atoms with Crippen molar-refractivity contribution in [2.75, 3.05) is 39.3 Å². The maximum Gasteiger partial charge on any atom is 0.224 e. The molecule has 25 heavy (non-hydrogen) atoms. The molecule has 0 heterocycles. The van der Waals surface area contributed by atoms with Gasteiger partial charge in [-0.3, -0.25) is 4.79 Å². The van der Waals surface area contributed by atoms with Crippen molar-refractivity contribution in [3.05, 3.63) is 23.8 Å². The third-order valence-corrected chi connectivity index (χ3v) is 3.77. The maximum atomic E-state index is 11.8. The Morgan fingerprint density at radius 3 is 2.16 bits per heavy atom. The molecule has 0 fully saturated rings. The zero-order valence-corrected chi connectivity index (χ0v) is 14.9. The summed E-state index contributed by atoms with van der Waals surface area (Å²) in [6.45, 7) is 5.25. The van der Waals surface area contributed by atoms with Gasteiger partial charge >= 0.3 is 0 Å². The Hall–Kier alpha value is -1.83. The van der Waals surface area contributed by atoms with Crippen molar-refractivity contribution < 1.29 is 15.0 Å². The van der Waals surface area contributed by atoms with Gasteiger partial charge in [0.25, 0.3) is 0 Å². The van der Waals surface area contributed by atoms with Gasteiger partial charge in [-0.05, 0) is 76.1 Å². The number of phenols is 2. The van der Waals surface area contributed by atoms with E-state index in [-0.39, 0.29) is 23.8 Å². The Morgan fingerprint density at radius 2 is 1.52 bits per heavy atom. The van der Waals surface area contributed by atoms with E-state index in [1.165, 1.54) is 12.1 Å². The number of unbranched alkanes of at least 4 members (excludes halogenated alkanes) is 1. The van der Waals surface area contributed by atoms with Crippen LogP contribution in [0.15, 0.2) is 18.2 Å². The molecule has 7 N–H and O–H groups in total. The molecule has 0 aliphatic carbocycles. The highest BCUT2D eigenvalue weighted by atomic mass is 16.3. The average Bonchev–Trinajstić information content (AvgIpc) is 2.59. The molecule has 7 heteroatoms. The Bertz CT molecular complexity index is 497. The van der Waals surface area contributed by atoms with E-state index in [1.807, 2.05) is 0 Å². The number of hydrogen-bond acceptors (Lipinski definition) is 6. The highest BCUT2D eigenvalue weighted by molar-refractivity contribution is 5.78. The number of benzene rings is 1. The van der Waals surface area contributed by atoms with Gasteiger partial charge < -0.3 is 31.9 Å². The van der Waals surface area contributed by atoms with Crippen LogP contribution in [0.1, 0.15) is 31.2 Å². The highest BCUT2D eigenvalue weighted by Gasteiger charge is 2.05. The Kier molecular flexibility index (Phi) is 11.4. The van der Waals surface area contributed by atoms with Crippen molar-refractivity contribution in [3.8, 4) is 11.5 Å². The van der Waals surface area contributed by atoms with E-state index >= 15 is 0 Å². The van der Waals surface area contributed by atoms with E-state index < -0.39 is 0 Å². The molecule has 1 amide bonds. The highest BCUT2D eigenvalue weighted by Crippen LogP contribution is 2.24. The fourth-order valence-electron chi connectivity index (χ4n) is 2.35. The van der Waals surface area contributed by atoms with Crippen LogP contribution >= 0.6 is 0 Å². The molecule has 0 radical (unpaired) electrons. The number of rotatable bonds is 14. The smallest absolute Gasteiger partial charge is 0.224 e. The summed E-state index contributed by atoms with van der Waals surface area (Å²) in [7, 11) is 0. The second-order valence-corrected chi connectivity index (χ2v) is 6.05. The van der Waals surface area contributed by atoms with Crippen molar-refractivity contribution >= 4 is 5.91 Å². The van der Waals surface area contributed by atoms with Gasteiger partial charge in [0.1, 0.15) is 0 Å². The number of nitrogens with one attached hydrogen (secondary N) is 3. The van der Waals surface area contributed by atoms with E-state index in [0.717, 1.165) is 58.4 Å². The van der Waals surface area contributed by atoms with Crippen molar-refractivity contribution in [1.29, 1.82) is 0 Å². The fourth-order valence-corrected chi connectivity index (χ4v) is 2.35. The van der Waals surface area contributed by atoms with Crippen LogP contribution in [0.4, 0.5) is 0 Å². The second kappa shape index (κ2) is 13.5. The van der Waals surface area contributed by atoms with Gasteiger partial charge in [-0.15, -0.1) is 0 Å². The van der Waals surface area contributed by atoms with Crippen molar-refractivity contribution in [3.63, 3.8) is 0 Å². The molecule has 1 rings (SSSR count). The molecule has 1 aromatic carbocycles. The van der Waals surface area contributed by atoms with Crippen LogP contribution in [0.5, 0.6) is 11.5 Å². The third-order valence-electron chi connectivity index (χ3n) is 3.77. The lowest BCUT2D eigenvalue weighted by atomic mass is 10.1. The molecule has 0 aliphatic rings. The summed E-state index contributed by atoms with van der Waals surface area (Å²) in [6, 6.07) is 4.41. The lowest BCUT2D eigenvalue weighted by molar-refractivity contribution is -0.120. The predicted octanol–water partition coefficient (Wildman–Crippen LogP) is 0.455. The van der Waals surface area contributed by atoms with Crippen LogP contribution in [0.2, 0.25) is 0 Å². The monoisotopic (exact) mass is 352 g/mol. The first-order valence-electron chi connectivity index (χ1n) is 9.02. The summed E-state index contributed by atoms with van der Waals surface area (Å²) < 4.78 is 0. The normalized spacial score (nSPS) is 10.8. The molecule has 1 aromatic rings. The molecule has 0 saturated heterocycles. The van der Waals surface area contributed by atoms with Gasteiger partial charge in [0.15, 0.2) is 11.5 Å². The van der Waals surface area contributed by atoms with Crippen LogP contribution in [0.3, 0.4) is 0 Å². The molecule has 0 spiro atoms. The SMILES string of the molecule is NCCCNCCCCNCCCNC(=O)Cc1ccc(O)c(O)c1. The van der Waals surface area contributed by atoms with Crippen LogP contribution in [0, 0.1) is 0 Å². The van der Waals surface area contributed by atoms with E-state index in [1.54, 1.807) is 6.07 Å². The minimum atomic E-state index is -0.205. The molecule has 7 nitrogen and oxygen atoms in total. The Balaban J connectivity index is 1.93. The molecule has 0 bridgehead atoms. The van der Waals surface area contributed by atoms with Gasteiger partial charge in [0.2, 0.25) is 5.91 Å². The second-order valence-electron chi connectivity index (χ2n) is 6.05. The summed E-state index contributed by atoms with van der Waals surface area (Å²) in [5.41, 5.74) is 6.09. The van der Waals surface area contributed by atoms with Crippen LogP contribution < -0.4 is 21.7 Å². The lowest BCUT2D eigenvalue weighted by Crippen LogP contribution is -2.29. The van der Waals surface area contributed by atoms with Crippen molar-refractivity contribution in [2.24, 2.45) is 5.73 Å². The molecule has 0 unspecified atom stereocenters. The van der Waals surface area contributed by atoms with E-state index in [4.69, 9.17) is 5.73 Å². The van der Waals surface area contributed by atoms with Crippen LogP contribution in [-0.2, 0) is 11.2 Å². The standard InChI is InChI=1S/C18H32N4O3/c19-7-3-10-20-8-1-2-9-21-11-4-12-22-18(25)14-15-5-6-16(23)17(24)13-15/h5-6,13,20-21,23-24H,1-4,7-12,14,19H2,(H,22,25).